The van der Waals surface area contributed by atoms with Crippen LogP contribution in [0.15, 0.2) is 36.7 Å². The number of aromatic nitrogens is 1. The number of ketones is 1. The van der Waals surface area contributed by atoms with Crippen LogP contribution in [0, 0.1) is 11.6 Å². The molecular formula is C13H8ClF2NO. The minimum atomic E-state index is -0.628. The average Bonchev–Trinajstić information content (AvgIpc) is 2.35. The fourth-order valence-electron chi connectivity index (χ4n) is 1.52. The third-order valence-corrected chi connectivity index (χ3v) is 2.70. The summed E-state index contributed by atoms with van der Waals surface area (Å²) in [6.45, 7) is 0. The van der Waals surface area contributed by atoms with Gasteiger partial charge < -0.3 is 0 Å². The zero-order chi connectivity index (χ0) is 13.1. The molecule has 92 valence electrons. The second-order valence-corrected chi connectivity index (χ2v) is 4.11. The molecule has 0 unspecified atom stereocenters. The van der Waals surface area contributed by atoms with Crippen molar-refractivity contribution < 1.29 is 13.6 Å². The molecule has 0 N–H and O–H groups in total. The molecule has 0 aliphatic rings. The molecule has 0 saturated carbocycles. The summed E-state index contributed by atoms with van der Waals surface area (Å²) in [4.78, 5) is 15.4. The van der Waals surface area contributed by atoms with E-state index in [9.17, 15) is 13.6 Å². The minimum Gasteiger partial charge on any atom is -0.294 e. The summed E-state index contributed by atoms with van der Waals surface area (Å²) in [6.07, 6.45) is 2.06. The van der Waals surface area contributed by atoms with E-state index in [-0.39, 0.29) is 22.6 Å². The number of rotatable bonds is 3. The maximum absolute atomic E-state index is 13.6. The third kappa shape index (κ3) is 2.71. The summed E-state index contributed by atoms with van der Waals surface area (Å²) in [7, 11) is 0. The first-order valence-electron chi connectivity index (χ1n) is 5.14. The predicted molar refractivity (Wildman–Crippen MR) is 63.6 cm³/mol. The van der Waals surface area contributed by atoms with Crippen molar-refractivity contribution in [3.8, 4) is 0 Å². The second kappa shape index (κ2) is 5.23. The van der Waals surface area contributed by atoms with E-state index < -0.39 is 17.4 Å². The van der Waals surface area contributed by atoms with Gasteiger partial charge in [-0.25, -0.2) is 8.78 Å². The lowest BCUT2D eigenvalue weighted by molar-refractivity contribution is 0.0991. The van der Waals surface area contributed by atoms with E-state index in [4.69, 9.17) is 11.6 Å². The summed E-state index contributed by atoms with van der Waals surface area (Å²) < 4.78 is 26.5. The van der Waals surface area contributed by atoms with Crippen molar-refractivity contribution in [1.82, 2.24) is 4.98 Å². The molecule has 0 spiro atoms. The van der Waals surface area contributed by atoms with Crippen molar-refractivity contribution in [1.29, 1.82) is 0 Å². The quantitative estimate of drug-likeness (QED) is 0.798. The molecule has 1 heterocycles. The Morgan fingerprint density at radius 1 is 1.28 bits per heavy atom. The van der Waals surface area contributed by atoms with Gasteiger partial charge >= 0.3 is 0 Å². The molecule has 0 aliphatic heterocycles. The monoisotopic (exact) mass is 267 g/mol. The van der Waals surface area contributed by atoms with Crippen molar-refractivity contribution in [3.05, 3.63) is 64.4 Å². The Kier molecular flexibility index (Phi) is 3.67. The van der Waals surface area contributed by atoms with Crippen LogP contribution in [0.25, 0.3) is 0 Å². The van der Waals surface area contributed by atoms with Crippen molar-refractivity contribution in [2.75, 3.05) is 0 Å². The van der Waals surface area contributed by atoms with Crippen molar-refractivity contribution in [2.45, 2.75) is 6.42 Å². The van der Waals surface area contributed by atoms with Gasteiger partial charge in [-0.05, 0) is 17.7 Å². The number of nitrogens with zero attached hydrogens (tertiary/aromatic N) is 1. The number of benzene rings is 1. The maximum atomic E-state index is 13.6. The van der Waals surface area contributed by atoms with Gasteiger partial charge in [-0.15, -0.1) is 0 Å². The summed E-state index contributed by atoms with van der Waals surface area (Å²) in [5.74, 6) is -1.65. The molecule has 0 atom stereocenters. The Morgan fingerprint density at radius 2 is 2.06 bits per heavy atom. The molecule has 0 bridgehead atoms. The molecular weight excluding hydrogens is 260 g/mol. The molecule has 2 nitrogen and oxygen atoms in total. The van der Waals surface area contributed by atoms with Crippen LogP contribution in [0.2, 0.25) is 5.02 Å². The molecule has 5 heteroatoms. The summed E-state index contributed by atoms with van der Waals surface area (Å²) in [5, 5.41) is -0.0438. The highest BCUT2D eigenvalue weighted by atomic mass is 35.5. The van der Waals surface area contributed by atoms with Crippen LogP contribution in [0.3, 0.4) is 0 Å². The number of pyridine rings is 1. The Bertz CT molecular complexity index is 601. The van der Waals surface area contributed by atoms with Gasteiger partial charge in [0.15, 0.2) is 5.78 Å². The lowest BCUT2D eigenvalue weighted by Gasteiger charge is -2.04. The van der Waals surface area contributed by atoms with Crippen LogP contribution in [0.1, 0.15) is 15.9 Å². The summed E-state index contributed by atoms with van der Waals surface area (Å²) >= 11 is 5.61. The number of carbonyl (C=O) groups is 1. The Balaban J connectivity index is 2.24. The molecule has 18 heavy (non-hydrogen) atoms. The maximum Gasteiger partial charge on any atom is 0.168 e. The van der Waals surface area contributed by atoms with E-state index in [1.165, 1.54) is 18.3 Å². The van der Waals surface area contributed by atoms with Crippen molar-refractivity contribution in [2.24, 2.45) is 0 Å². The van der Waals surface area contributed by atoms with Gasteiger partial charge in [0.2, 0.25) is 0 Å². The third-order valence-electron chi connectivity index (χ3n) is 2.41. The van der Waals surface area contributed by atoms with Gasteiger partial charge in [0.1, 0.15) is 11.6 Å². The normalized spacial score (nSPS) is 10.4. The highest BCUT2D eigenvalue weighted by molar-refractivity contribution is 6.30. The molecule has 0 aliphatic carbocycles. The SMILES string of the molecule is O=C(Cc1cccc(Cl)c1F)c1cncc(F)c1. The van der Waals surface area contributed by atoms with E-state index in [0.29, 0.717) is 0 Å². The first-order chi connectivity index (χ1) is 8.58. The lowest BCUT2D eigenvalue weighted by atomic mass is 10.0. The van der Waals surface area contributed by atoms with Crippen molar-refractivity contribution >= 4 is 17.4 Å². The molecule has 1 aromatic carbocycles. The van der Waals surface area contributed by atoms with E-state index in [2.05, 4.69) is 4.98 Å². The zero-order valence-corrected chi connectivity index (χ0v) is 9.92. The van der Waals surface area contributed by atoms with Crippen LogP contribution in [-0.2, 0) is 6.42 Å². The number of Topliss-reactive ketones (excluding diaryl/α,β-unsaturated/α-hetero) is 1. The fraction of sp³-hybridized carbons (Fsp3) is 0.0769. The van der Waals surface area contributed by atoms with Gasteiger partial charge in [-0.3, -0.25) is 9.78 Å². The van der Waals surface area contributed by atoms with Crippen LogP contribution >= 0.6 is 11.6 Å². The number of halogens is 3. The average molecular weight is 268 g/mol. The van der Waals surface area contributed by atoms with Crippen molar-refractivity contribution in [3.63, 3.8) is 0 Å². The van der Waals surface area contributed by atoms with E-state index in [0.717, 1.165) is 12.3 Å². The van der Waals surface area contributed by atoms with Gasteiger partial charge in [-0.2, -0.15) is 0 Å². The fourth-order valence-corrected chi connectivity index (χ4v) is 1.72. The number of hydrogen-bond acceptors (Lipinski definition) is 2. The minimum absolute atomic E-state index is 0.0438. The molecule has 2 rings (SSSR count). The highest BCUT2D eigenvalue weighted by Crippen LogP contribution is 2.19. The van der Waals surface area contributed by atoms with Gasteiger partial charge in [0, 0.05) is 18.2 Å². The second-order valence-electron chi connectivity index (χ2n) is 3.70. The smallest absolute Gasteiger partial charge is 0.168 e. The molecule has 0 radical (unpaired) electrons. The van der Waals surface area contributed by atoms with Gasteiger partial charge in [0.25, 0.3) is 0 Å². The van der Waals surface area contributed by atoms with E-state index >= 15 is 0 Å². The summed E-state index contributed by atoms with van der Waals surface area (Å²) in [5.41, 5.74) is 0.283. The van der Waals surface area contributed by atoms with E-state index in [1.54, 1.807) is 6.07 Å². The molecule has 0 saturated heterocycles. The first-order valence-corrected chi connectivity index (χ1v) is 5.52. The topological polar surface area (TPSA) is 30.0 Å². The summed E-state index contributed by atoms with van der Waals surface area (Å²) in [6, 6.07) is 5.48. The molecule has 2 aromatic rings. The lowest BCUT2D eigenvalue weighted by Crippen LogP contribution is -2.06. The van der Waals surface area contributed by atoms with Crippen LogP contribution in [0.4, 0.5) is 8.78 Å². The molecule has 0 amide bonds. The van der Waals surface area contributed by atoms with Crippen LogP contribution in [-0.4, -0.2) is 10.8 Å². The highest BCUT2D eigenvalue weighted by Gasteiger charge is 2.13. The number of hydrogen-bond donors (Lipinski definition) is 0. The van der Waals surface area contributed by atoms with Gasteiger partial charge in [0.05, 0.1) is 11.2 Å². The van der Waals surface area contributed by atoms with Gasteiger partial charge in [-0.1, -0.05) is 23.7 Å². The standard InChI is InChI=1S/C13H8ClF2NO/c14-11-3-1-2-8(13(11)16)5-12(18)9-4-10(15)7-17-6-9/h1-4,6-7H,5H2. The first kappa shape index (κ1) is 12.6. The Hall–Kier alpha value is -1.81. The largest absolute Gasteiger partial charge is 0.294 e. The Morgan fingerprint density at radius 3 is 2.78 bits per heavy atom. The molecule has 1 aromatic heterocycles. The predicted octanol–water partition coefficient (Wildman–Crippen LogP) is 3.44. The van der Waals surface area contributed by atoms with E-state index in [1.807, 2.05) is 0 Å². The Labute approximate surface area is 107 Å². The van der Waals surface area contributed by atoms with Crippen LogP contribution < -0.4 is 0 Å². The van der Waals surface area contributed by atoms with Crippen LogP contribution in [0.5, 0.6) is 0 Å². The molecule has 0 fully saturated rings. The number of carbonyl (C=O) groups excluding carboxylic acids is 1. The zero-order valence-electron chi connectivity index (χ0n) is 9.16.